The van der Waals surface area contributed by atoms with Gasteiger partial charge in [0.2, 0.25) is 5.91 Å². The first-order valence-corrected chi connectivity index (χ1v) is 9.52. The predicted octanol–water partition coefficient (Wildman–Crippen LogP) is 1.15. The average molecular weight is 396 g/mol. The summed E-state index contributed by atoms with van der Waals surface area (Å²) < 4.78 is 7.54. The Labute approximate surface area is 169 Å². The van der Waals surface area contributed by atoms with E-state index < -0.39 is 11.3 Å². The van der Waals surface area contributed by atoms with Crippen LogP contribution in [0.4, 0.5) is 0 Å². The number of benzene rings is 1. The number of Topliss-reactive ketones (excluding diaryl/α,β-unsaturated/α-hetero) is 1. The molecule has 152 valence electrons. The molecule has 1 aromatic heterocycles. The van der Waals surface area contributed by atoms with Crippen LogP contribution in [0.3, 0.4) is 0 Å². The molecule has 0 bridgehead atoms. The Morgan fingerprint density at radius 2 is 2.00 bits per heavy atom. The van der Waals surface area contributed by atoms with Gasteiger partial charge in [0, 0.05) is 39.9 Å². The topological polar surface area (TPSA) is 84.7 Å². The molecule has 1 fully saturated rings. The second-order valence-corrected chi connectivity index (χ2v) is 8.01. The number of hydrogen-bond donors (Lipinski definition) is 0. The van der Waals surface area contributed by atoms with Crippen molar-refractivity contribution in [2.24, 2.45) is 18.4 Å². The largest absolute Gasteiger partial charge is 0.492 e. The van der Waals surface area contributed by atoms with Gasteiger partial charge in [0.05, 0.1) is 28.7 Å². The number of rotatable bonds is 2. The van der Waals surface area contributed by atoms with E-state index in [0.29, 0.717) is 16.9 Å². The van der Waals surface area contributed by atoms with E-state index in [1.165, 1.54) is 11.1 Å². The molecule has 2 atom stereocenters. The molecule has 1 spiro atoms. The third-order valence-electron chi connectivity index (χ3n) is 6.10. The summed E-state index contributed by atoms with van der Waals surface area (Å²) in [5.41, 5.74) is 0.580. The van der Waals surface area contributed by atoms with Crippen LogP contribution in [0.1, 0.15) is 26.4 Å². The van der Waals surface area contributed by atoms with Crippen molar-refractivity contribution in [2.75, 3.05) is 33.8 Å². The van der Waals surface area contributed by atoms with Crippen molar-refractivity contribution < 1.29 is 19.1 Å². The highest BCUT2D eigenvalue weighted by Gasteiger charge is 2.59. The van der Waals surface area contributed by atoms with Crippen molar-refractivity contribution in [3.63, 3.8) is 0 Å². The van der Waals surface area contributed by atoms with Gasteiger partial charge in [-0.3, -0.25) is 19.1 Å². The van der Waals surface area contributed by atoms with Gasteiger partial charge in [-0.05, 0) is 19.1 Å². The number of para-hydroxylation sites is 1. The molecule has 0 N–H and O–H groups in total. The van der Waals surface area contributed by atoms with E-state index >= 15 is 0 Å². The van der Waals surface area contributed by atoms with Crippen LogP contribution in [0, 0.1) is 18.3 Å². The number of hydrogen-bond acceptors (Lipinski definition) is 5. The Morgan fingerprint density at radius 1 is 1.28 bits per heavy atom. The summed E-state index contributed by atoms with van der Waals surface area (Å²) in [6.45, 7) is 2.20. The summed E-state index contributed by atoms with van der Waals surface area (Å²) in [7, 11) is 5.09. The molecule has 2 aromatic rings. The van der Waals surface area contributed by atoms with E-state index in [0.717, 1.165) is 5.69 Å². The van der Waals surface area contributed by atoms with Gasteiger partial charge in [-0.2, -0.15) is 5.10 Å². The lowest BCUT2D eigenvalue weighted by atomic mass is 9.71. The maximum atomic E-state index is 13.5. The van der Waals surface area contributed by atoms with Crippen molar-refractivity contribution >= 4 is 17.6 Å². The number of ether oxygens (including phenoxy) is 1. The molecule has 2 aliphatic heterocycles. The Kier molecular flexibility index (Phi) is 4.44. The normalized spacial score (nSPS) is 23.1. The van der Waals surface area contributed by atoms with Crippen LogP contribution in [0.5, 0.6) is 5.75 Å². The highest BCUT2D eigenvalue weighted by Crippen LogP contribution is 2.45. The molecular formula is C21H24N4O4. The molecule has 29 heavy (non-hydrogen) atoms. The van der Waals surface area contributed by atoms with E-state index in [1.807, 2.05) is 13.0 Å². The first kappa shape index (κ1) is 19.2. The van der Waals surface area contributed by atoms with Crippen LogP contribution in [0.15, 0.2) is 30.5 Å². The molecule has 2 amide bonds. The molecule has 4 rings (SSSR count). The van der Waals surface area contributed by atoms with E-state index in [2.05, 4.69) is 5.10 Å². The summed E-state index contributed by atoms with van der Waals surface area (Å²) in [5, 5.41) is 4.14. The molecule has 1 saturated heterocycles. The van der Waals surface area contributed by atoms with Crippen LogP contribution in [0.2, 0.25) is 0 Å². The predicted molar refractivity (Wildman–Crippen MR) is 105 cm³/mol. The van der Waals surface area contributed by atoms with Crippen LogP contribution in [-0.2, 0) is 11.8 Å². The van der Waals surface area contributed by atoms with Crippen LogP contribution in [-0.4, -0.2) is 71.0 Å². The highest BCUT2D eigenvalue weighted by atomic mass is 16.5. The molecule has 1 aromatic carbocycles. The molecule has 0 aliphatic carbocycles. The number of likely N-dealkylation sites (tertiary alicyclic amines) is 1. The number of nitrogens with zero attached hydrogens (tertiary/aromatic N) is 4. The fourth-order valence-corrected chi connectivity index (χ4v) is 4.27. The second kappa shape index (κ2) is 6.72. The fourth-order valence-electron chi connectivity index (χ4n) is 4.27. The Balaban J connectivity index is 1.74. The highest BCUT2D eigenvalue weighted by molar-refractivity contribution is 6.07. The summed E-state index contributed by atoms with van der Waals surface area (Å²) >= 11 is 0. The minimum Gasteiger partial charge on any atom is -0.492 e. The number of amides is 2. The zero-order valence-corrected chi connectivity index (χ0v) is 17.0. The van der Waals surface area contributed by atoms with Gasteiger partial charge in [0.15, 0.2) is 5.78 Å². The molecule has 8 nitrogen and oxygen atoms in total. The minimum absolute atomic E-state index is 0.0723. The minimum atomic E-state index is -1.10. The first-order valence-electron chi connectivity index (χ1n) is 9.52. The van der Waals surface area contributed by atoms with Crippen LogP contribution >= 0.6 is 0 Å². The smallest absolute Gasteiger partial charge is 0.257 e. The van der Waals surface area contributed by atoms with E-state index in [4.69, 9.17) is 4.74 Å². The van der Waals surface area contributed by atoms with Gasteiger partial charge < -0.3 is 14.5 Å². The zero-order valence-electron chi connectivity index (χ0n) is 17.0. The van der Waals surface area contributed by atoms with Crippen molar-refractivity contribution in [1.29, 1.82) is 0 Å². The van der Waals surface area contributed by atoms with Gasteiger partial charge in [-0.25, -0.2) is 0 Å². The van der Waals surface area contributed by atoms with Gasteiger partial charge in [-0.1, -0.05) is 12.1 Å². The molecule has 3 heterocycles. The molecule has 2 aliphatic rings. The van der Waals surface area contributed by atoms with E-state index in [9.17, 15) is 14.4 Å². The fraction of sp³-hybridized carbons (Fsp3) is 0.429. The van der Waals surface area contributed by atoms with E-state index in [-0.39, 0.29) is 37.3 Å². The number of ketones is 1. The zero-order chi connectivity index (χ0) is 20.9. The number of carbonyl (C=O) groups is 3. The first-order chi connectivity index (χ1) is 13.8. The summed E-state index contributed by atoms with van der Waals surface area (Å²) in [4.78, 5) is 42.8. The monoisotopic (exact) mass is 396 g/mol. The summed E-state index contributed by atoms with van der Waals surface area (Å²) in [6.07, 6.45) is 1.53. The summed E-state index contributed by atoms with van der Waals surface area (Å²) in [6, 6.07) is 7.05. The lowest BCUT2D eigenvalue weighted by molar-refractivity contribution is -0.135. The molecule has 0 saturated carbocycles. The number of aromatic nitrogens is 2. The Bertz CT molecular complexity index is 1010. The summed E-state index contributed by atoms with van der Waals surface area (Å²) in [5.74, 6) is -0.695. The molecule has 0 radical (unpaired) electrons. The Morgan fingerprint density at radius 3 is 2.66 bits per heavy atom. The average Bonchev–Trinajstić information content (AvgIpc) is 3.25. The second-order valence-electron chi connectivity index (χ2n) is 8.01. The molecule has 8 heteroatoms. The van der Waals surface area contributed by atoms with Gasteiger partial charge in [-0.15, -0.1) is 0 Å². The van der Waals surface area contributed by atoms with Gasteiger partial charge >= 0.3 is 0 Å². The van der Waals surface area contributed by atoms with Crippen LogP contribution < -0.4 is 4.74 Å². The Hall–Kier alpha value is -3.16. The number of fused-ring (bicyclic) bond motifs is 1. The van der Waals surface area contributed by atoms with Crippen molar-refractivity contribution in [3.8, 4) is 5.75 Å². The number of aryl methyl sites for hydroxylation is 1. The SMILES string of the molecule is Cc1c(C(=O)N2C[C@H](C(=O)N(C)C)[C@]3(COc4ccccc4C3=O)C2)cnn1C. The maximum Gasteiger partial charge on any atom is 0.257 e. The van der Waals surface area contributed by atoms with Gasteiger partial charge in [0.1, 0.15) is 12.4 Å². The van der Waals surface area contributed by atoms with Crippen LogP contribution in [0.25, 0.3) is 0 Å². The lowest BCUT2D eigenvalue weighted by Gasteiger charge is -2.37. The lowest BCUT2D eigenvalue weighted by Crippen LogP contribution is -2.51. The molecule has 0 unspecified atom stereocenters. The van der Waals surface area contributed by atoms with Crippen molar-refractivity contribution in [1.82, 2.24) is 19.6 Å². The quantitative estimate of drug-likeness (QED) is 0.760. The van der Waals surface area contributed by atoms with Crippen molar-refractivity contribution in [2.45, 2.75) is 6.92 Å². The van der Waals surface area contributed by atoms with Crippen molar-refractivity contribution in [3.05, 3.63) is 47.3 Å². The third kappa shape index (κ3) is 2.82. The maximum absolute atomic E-state index is 13.5. The van der Waals surface area contributed by atoms with E-state index in [1.54, 1.807) is 48.9 Å². The number of carbonyl (C=O) groups excluding carboxylic acids is 3. The third-order valence-corrected chi connectivity index (χ3v) is 6.10. The van der Waals surface area contributed by atoms with Gasteiger partial charge in [0.25, 0.3) is 5.91 Å². The molecular weight excluding hydrogens is 372 g/mol. The standard InChI is InChI=1S/C21H24N4O4/c1-13-15(9-22-24(13)4)19(27)25-10-16(20(28)23(2)3)21(11-25)12-29-17-8-6-5-7-14(17)18(21)26/h5-9,16H,10-12H2,1-4H3/t16-,21-/m1/s1.